The standard InChI is InChI=1S/C19H20OS/c1-2-3-4-5-8-14-11-12-18-16(13-14)19(20)15-9-6-7-10-17(15)21-18/h6-7,9-13H,2-5,8H2,1H3. The van der Waals surface area contributed by atoms with E-state index in [0.717, 1.165) is 26.6 Å². The second-order valence-electron chi connectivity index (χ2n) is 5.57. The summed E-state index contributed by atoms with van der Waals surface area (Å²) in [6.45, 7) is 2.23. The maximum Gasteiger partial charge on any atom is 0.195 e. The van der Waals surface area contributed by atoms with Gasteiger partial charge in [-0.1, -0.05) is 44.4 Å². The average Bonchev–Trinajstić information content (AvgIpc) is 2.52. The number of benzene rings is 2. The minimum atomic E-state index is 0.176. The molecule has 21 heavy (non-hydrogen) atoms. The maximum atomic E-state index is 12.6. The third kappa shape index (κ3) is 3.01. The summed E-state index contributed by atoms with van der Waals surface area (Å²) in [5, 5.41) is 1.73. The van der Waals surface area contributed by atoms with E-state index in [4.69, 9.17) is 0 Å². The van der Waals surface area contributed by atoms with Crippen LogP contribution in [-0.2, 0) is 6.42 Å². The summed E-state index contributed by atoms with van der Waals surface area (Å²) in [7, 11) is 0. The van der Waals surface area contributed by atoms with Gasteiger partial charge >= 0.3 is 0 Å². The fourth-order valence-electron chi connectivity index (χ4n) is 2.76. The number of hydrogen-bond acceptors (Lipinski definition) is 2. The molecule has 0 atom stereocenters. The molecule has 0 N–H and O–H groups in total. The van der Waals surface area contributed by atoms with Crippen molar-refractivity contribution in [3.8, 4) is 0 Å². The van der Waals surface area contributed by atoms with Gasteiger partial charge in [-0.25, -0.2) is 0 Å². The highest BCUT2D eigenvalue weighted by Gasteiger charge is 2.06. The molecule has 0 amide bonds. The Kier molecular flexibility index (Phi) is 4.35. The van der Waals surface area contributed by atoms with Crippen molar-refractivity contribution in [1.82, 2.24) is 0 Å². The Morgan fingerprint density at radius 2 is 1.71 bits per heavy atom. The molecule has 0 spiro atoms. The first-order valence-corrected chi connectivity index (χ1v) is 8.55. The minimum Gasteiger partial charge on any atom is -0.289 e. The van der Waals surface area contributed by atoms with Gasteiger partial charge in [-0.15, -0.1) is 11.3 Å². The van der Waals surface area contributed by atoms with Crippen molar-refractivity contribution in [2.45, 2.75) is 39.0 Å². The molecule has 0 saturated carbocycles. The van der Waals surface area contributed by atoms with E-state index in [1.807, 2.05) is 24.3 Å². The van der Waals surface area contributed by atoms with E-state index in [1.54, 1.807) is 11.3 Å². The maximum absolute atomic E-state index is 12.6. The quantitative estimate of drug-likeness (QED) is 0.446. The number of aryl methyl sites for hydroxylation is 1. The van der Waals surface area contributed by atoms with Gasteiger partial charge in [0.05, 0.1) is 0 Å². The first-order valence-electron chi connectivity index (χ1n) is 7.74. The predicted octanol–water partition coefficient (Wildman–Crippen LogP) is 5.54. The lowest BCUT2D eigenvalue weighted by Gasteiger charge is -2.05. The molecule has 3 aromatic rings. The SMILES string of the molecule is CCCCCCc1ccc2sc3ccccc3c(=O)c2c1. The molecular formula is C19H20OS. The fraction of sp³-hybridized carbons (Fsp3) is 0.316. The average molecular weight is 296 g/mol. The summed E-state index contributed by atoms with van der Waals surface area (Å²) in [4.78, 5) is 12.6. The molecule has 0 radical (unpaired) electrons. The van der Waals surface area contributed by atoms with E-state index in [1.165, 1.54) is 31.2 Å². The van der Waals surface area contributed by atoms with E-state index in [2.05, 4.69) is 25.1 Å². The topological polar surface area (TPSA) is 17.1 Å². The molecule has 1 heterocycles. The second kappa shape index (κ2) is 6.40. The number of hydrogen-bond donors (Lipinski definition) is 0. The Morgan fingerprint density at radius 3 is 2.57 bits per heavy atom. The molecule has 1 aromatic heterocycles. The third-order valence-corrected chi connectivity index (χ3v) is 5.11. The van der Waals surface area contributed by atoms with Gasteiger partial charge in [0, 0.05) is 20.2 Å². The monoisotopic (exact) mass is 296 g/mol. The lowest BCUT2D eigenvalue weighted by atomic mass is 10.0. The molecule has 0 fully saturated rings. The zero-order valence-corrected chi connectivity index (χ0v) is 13.2. The third-order valence-electron chi connectivity index (χ3n) is 3.96. The van der Waals surface area contributed by atoms with Crippen LogP contribution in [0.3, 0.4) is 0 Å². The zero-order chi connectivity index (χ0) is 14.7. The van der Waals surface area contributed by atoms with Crippen molar-refractivity contribution in [1.29, 1.82) is 0 Å². The molecule has 0 aliphatic heterocycles. The van der Waals surface area contributed by atoms with Gasteiger partial charge in [0.15, 0.2) is 5.43 Å². The highest BCUT2D eigenvalue weighted by molar-refractivity contribution is 7.24. The highest BCUT2D eigenvalue weighted by Crippen LogP contribution is 2.25. The Morgan fingerprint density at radius 1 is 0.905 bits per heavy atom. The van der Waals surface area contributed by atoms with Crippen molar-refractivity contribution in [3.63, 3.8) is 0 Å². The summed E-state index contributed by atoms with van der Waals surface area (Å²) in [6, 6.07) is 14.3. The van der Waals surface area contributed by atoms with Crippen LogP contribution in [0.2, 0.25) is 0 Å². The van der Waals surface area contributed by atoms with Gasteiger partial charge in [-0.05, 0) is 42.7 Å². The van der Waals surface area contributed by atoms with Crippen LogP contribution in [0.4, 0.5) is 0 Å². The largest absolute Gasteiger partial charge is 0.289 e. The van der Waals surface area contributed by atoms with Crippen molar-refractivity contribution in [2.75, 3.05) is 0 Å². The molecule has 0 bridgehead atoms. The van der Waals surface area contributed by atoms with E-state index in [9.17, 15) is 4.79 Å². The lowest BCUT2D eigenvalue weighted by Crippen LogP contribution is -2.01. The van der Waals surface area contributed by atoms with Gasteiger partial charge in [0.25, 0.3) is 0 Å². The van der Waals surface area contributed by atoms with Crippen LogP contribution in [0.1, 0.15) is 38.2 Å². The lowest BCUT2D eigenvalue weighted by molar-refractivity contribution is 0.667. The molecule has 0 saturated heterocycles. The van der Waals surface area contributed by atoms with E-state index < -0.39 is 0 Å². The Hall–Kier alpha value is -1.67. The number of fused-ring (bicyclic) bond motifs is 2. The first kappa shape index (κ1) is 14.3. The van der Waals surface area contributed by atoms with Crippen LogP contribution in [0.15, 0.2) is 47.3 Å². The number of unbranched alkanes of at least 4 members (excludes halogenated alkanes) is 3. The highest BCUT2D eigenvalue weighted by atomic mass is 32.1. The van der Waals surface area contributed by atoms with Crippen molar-refractivity contribution < 1.29 is 0 Å². The van der Waals surface area contributed by atoms with E-state index in [-0.39, 0.29) is 5.43 Å². The van der Waals surface area contributed by atoms with Gasteiger partial charge in [0.1, 0.15) is 0 Å². The van der Waals surface area contributed by atoms with Crippen LogP contribution in [-0.4, -0.2) is 0 Å². The Bertz CT molecular complexity index is 817. The van der Waals surface area contributed by atoms with Gasteiger partial charge in [-0.3, -0.25) is 4.79 Å². The van der Waals surface area contributed by atoms with Crippen LogP contribution < -0.4 is 5.43 Å². The normalized spacial score (nSPS) is 11.3. The van der Waals surface area contributed by atoms with Crippen LogP contribution >= 0.6 is 11.3 Å². The smallest absolute Gasteiger partial charge is 0.195 e. The second-order valence-corrected chi connectivity index (χ2v) is 6.65. The fourth-order valence-corrected chi connectivity index (χ4v) is 3.81. The van der Waals surface area contributed by atoms with E-state index in [0.29, 0.717) is 0 Å². The molecule has 1 nitrogen and oxygen atoms in total. The summed E-state index contributed by atoms with van der Waals surface area (Å²) in [5.41, 5.74) is 1.47. The molecule has 2 heteroatoms. The van der Waals surface area contributed by atoms with Crippen LogP contribution in [0, 0.1) is 0 Å². The summed E-state index contributed by atoms with van der Waals surface area (Å²) in [6.07, 6.45) is 6.12. The first-order chi connectivity index (χ1) is 10.3. The van der Waals surface area contributed by atoms with Gasteiger partial charge in [-0.2, -0.15) is 0 Å². The van der Waals surface area contributed by atoms with E-state index >= 15 is 0 Å². The minimum absolute atomic E-state index is 0.176. The molecule has 0 aliphatic carbocycles. The molecule has 108 valence electrons. The van der Waals surface area contributed by atoms with Crippen LogP contribution in [0.5, 0.6) is 0 Å². The zero-order valence-electron chi connectivity index (χ0n) is 12.4. The number of rotatable bonds is 5. The van der Waals surface area contributed by atoms with Crippen molar-refractivity contribution >= 4 is 31.5 Å². The molecule has 3 rings (SSSR count). The van der Waals surface area contributed by atoms with Crippen molar-refractivity contribution in [3.05, 3.63) is 58.3 Å². The molecular weight excluding hydrogens is 276 g/mol. The summed E-state index contributed by atoms with van der Waals surface area (Å²) >= 11 is 1.71. The summed E-state index contributed by atoms with van der Waals surface area (Å²) < 4.78 is 2.17. The van der Waals surface area contributed by atoms with Crippen molar-refractivity contribution in [2.24, 2.45) is 0 Å². The van der Waals surface area contributed by atoms with Gasteiger partial charge in [0.2, 0.25) is 0 Å². The molecule has 0 aliphatic rings. The van der Waals surface area contributed by atoms with Crippen LogP contribution in [0.25, 0.3) is 20.2 Å². The summed E-state index contributed by atoms with van der Waals surface area (Å²) in [5.74, 6) is 0. The predicted molar refractivity (Wildman–Crippen MR) is 93.4 cm³/mol. The van der Waals surface area contributed by atoms with Gasteiger partial charge < -0.3 is 0 Å². The Labute approximate surface area is 129 Å². The molecule has 0 unspecified atom stereocenters. The Balaban J connectivity index is 1.99. The molecule has 2 aromatic carbocycles.